The van der Waals surface area contributed by atoms with E-state index in [2.05, 4.69) is 4.98 Å². The lowest BCUT2D eigenvalue weighted by Crippen LogP contribution is -2.41. The molecule has 0 spiro atoms. The van der Waals surface area contributed by atoms with Crippen LogP contribution in [0, 0.1) is 12.8 Å². The van der Waals surface area contributed by atoms with Gasteiger partial charge in [-0.25, -0.2) is 4.98 Å². The second kappa shape index (κ2) is 8.20. The Labute approximate surface area is 184 Å². The van der Waals surface area contributed by atoms with E-state index in [0.29, 0.717) is 49.0 Å². The Morgan fingerprint density at radius 1 is 1.26 bits per heavy atom. The Kier molecular flexibility index (Phi) is 5.39. The Hall–Kier alpha value is -2.52. The third kappa shape index (κ3) is 3.80. The van der Waals surface area contributed by atoms with Crippen LogP contribution in [-0.4, -0.2) is 57.9 Å². The first-order chi connectivity index (χ1) is 15.0. The van der Waals surface area contributed by atoms with Crippen LogP contribution in [-0.2, 0) is 22.5 Å². The number of rotatable bonds is 3. The van der Waals surface area contributed by atoms with Crippen molar-refractivity contribution < 1.29 is 14.3 Å². The van der Waals surface area contributed by atoms with Gasteiger partial charge in [0, 0.05) is 31.0 Å². The molecule has 0 aliphatic carbocycles. The van der Waals surface area contributed by atoms with E-state index in [-0.39, 0.29) is 35.9 Å². The molecule has 5 rings (SSSR count). The van der Waals surface area contributed by atoms with Gasteiger partial charge in [-0.15, -0.1) is 11.3 Å². The standard InChI is InChI=1S/C22H26N4O4S/c1-13-4-5-18(31-13)22(29)25-9-6-16-15(11-25)20(27)24-19(23-16)17-3-2-8-26(17)21(28)14-7-10-30-12-14/h4-5,14,17H,2-3,6-12H2,1H3,(H,23,24,27)/t14-,17+/m0/s1. The van der Waals surface area contributed by atoms with Crippen molar-refractivity contribution in [3.63, 3.8) is 0 Å². The maximum atomic E-state index is 12.9. The predicted octanol–water partition coefficient (Wildman–Crippen LogP) is 2.04. The van der Waals surface area contributed by atoms with Crippen molar-refractivity contribution in [3.05, 3.63) is 49.3 Å². The molecule has 2 aromatic rings. The molecule has 8 nitrogen and oxygen atoms in total. The zero-order chi connectivity index (χ0) is 21.5. The van der Waals surface area contributed by atoms with E-state index < -0.39 is 0 Å². The van der Waals surface area contributed by atoms with E-state index in [9.17, 15) is 14.4 Å². The number of amides is 2. The molecule has 2 atom stereocenters. The molecule has 0 unspecified atom stereocenters. The number of carbonyl (C=O) groups is 2. The topological polar surface area (TPSA) is 95.6 Å². The van der Waals surface area contributed by atoms with Crippen LogP contribution in [0.5, 0.6) is 0 Å². The molecule has 3 aliphatic rings. The van der Waals surface area contributed by atoms with Crippen molar-refractivity contribution in [2.24, 2.45) is 5.92 Å². The summed E-state index contributed by atoms with van der Waals surface area (Å²) in [5.74, 6) is 0.537. The van der Waals surface area contributed by atoms with Crippen LogP contribution in [0.3, 0.4) is 0 Å². The summed E-state index contributed by atoms with van der Waals surface area (Å²) in [5.41, 5.74) is 1.09. The molecule has 5 heterocycles. The average molecular weight is 443 g/mol. The summed E-state index contributed by atoms with van der Waals surface area (Å²) in [7, 11) is 0. The van der Waals surface area contributed by atoms with Crippen molar-refractivity contribution in [1.29, 1.82) is 0 Å². The molecule has 2 amide bonds. The van der Waals surface area contributed by atoms with Gasteiger partial charge in [0.25, 0.3) is 11.5 Å². The zero-order valence-corrected chi connectivity index (χ0v) is 18.4. The second-order valence-corrected chi connectivity index (χ2v) is 9.80. The van der Waals surface area contributed by atoms with Crippen LogP contribution in [0.2, 0.25) is 0 Å². The molecule has 0 aromatic carbocycles. The molecule has 2 saturated heterocycles. The van der Waals surface area contributed by atoms with Crippen LogP contribution in [0.1, 0.15) is 56.9 Å². The Morgan fingerprint density at radius 2 is 2.13 bits per heavy atom. The largest absolute Gasteiger partial charge is 0.381 e. The molecule has 31 heavy (non-hydrogen) atoms. The number of aromatic nitrogens is 2. The molecular formula is C22H26N4O4S. The van der Waals surface area contributed by atoms with E-state index >= 15 is 0 Å². The number of aryl methyl sites for hydroxylation is 1. The number of carbonyl (C=O) groups excluding carboxylic acids is 2. The van der Waals surface area contributed by atoms with Crippen molar-refractivity contribution in [2.45, 2.75) is 45.2 Å². The maximum absolute atomic E-state index is 12.9. The summed E-state index contributed by atoms with van der Waals surface area (Å²) in [6.07, 6.45) is 2.99. The number of hydrogen-bond acceptors (Lipinski definition) is 6. The van der Waals surface area contributed by atoms with Crippen LogP contribution >= 0.6 is 11.3 Å². The Morgan fingerprint density at radius 3 is 2.87 bits per heavy atom. The zero-order valence-electron chi connectivity index (χ0n) is 17.6. The van der Waals surface area contributed by atoms with Gasteiger partial charge in [0.05, 0.1) is 41.2 Å². The van der Waals surface area contributed by atoms with E-state index in [0.717, 1.165) is 29.8 Å². The summed E-state index contributed by atoms with van der Waals surface area (Å²) >= 11 is 1.47. The third-order valence-corrected chi connectivity index (χ3v) is 7.44. The van der Waals surface area contributed by atoms with Crippen LogP contribution in [0.15, 0.2) is 16.9 Å². The van der Waals surface area contributed by atoms with Crippen LogP contribution < -0.4 is 5.56 Å². The molecule has 0 bridgehead atoms. The highest BCUT2D eigenvalue weighted by Crippen LogP contribution is 2.33. The lowest BCUT2D eigenvalue weighted by Gasteiger charge is -2.29. The predicted molar refractivity (Wildman–Crippen MR) is 115 cm³/mol. The fraction of sp³-hybridized carbons (Fsp3) is 0.545. The normalized spacial score (nSPS) is 23.3. The number of nitrogens with zero attached hydrogens (tertiary/aromatic N) is 3. The van der Waals surface area contributed by atoms with Crippen molar-refractivity contribution in [2.75, 3.05) is 26.3 Å². The molecule has 0 radical (unpaired) electrons. The van der Waals surface area contributed by atoms with E-state index in [1.54, 1.807) is 4.90 Å². The molecule has 3 aliphatic heterocycles. The number of thiophene rings is 1. The van der Waals surface area contributed by atoms with Gasteiger partial charge in [0.2, 0.25) is 5.91 Å². The number of hydrogen-bond donors (Lipinski definition) is 1. The first kappa shape index (κ1) is 20.4. The summed E-state index contributed by atoms with van der Waals surface area (Å²) in [4.78, 5) is 51.7. The molecule has 0 saturated carbocycles. The number of fused-ring (bicyclic) bond motifs is 1. The summed E-state index contributed by atoms with van der Waals surface area (Å²) in [6.45, 7) is 4.56. The number of aromatic amines is 1. The highest BCUT2D eigenvalue weighted by atomic mass is 32.1. The average Bonchev–Trinajstić information content (AvgIpc) is 3.54. The van der Waals surface area contributed by atoms with Gasteiger partial charge in [-0.1, -0.05) is 0 Å². The number of ether oxygens (including phenoxy) is 1. The van der Waals surface area contributed by atoms with Crippen LogP contribution in [0.4, 0.5) is 0 Å². The van der Waals surface area contributed by atoms with Gasteiger partial charge in [-0.3, -0.25) is 14.4 Å². The molecule has 9 heteroatoms. The quantitative estimate of drug-likeness (QED) is 0.785. The SMILES string of the molecule is Cc1ccc(C(=O)N2CCc3nc([C@H]4CCCN4C(=O)[C@H]4CCOC4)[nH]c(=O)c3C2)s1. The van der Waals surface area contributed by atoms with Gasteiger partial charge in [-0.05, 0) is 38.3 Å². The van der Waals surface area contributed by atoms with Crippen molar-refractivity contribution in [3.8, 4) is 0 Å². The second-order valence-electron chi connectivity index (χ2n) is 8.51. The maximum Gasteiger partial charge on any atom is 0.264 e. The van der Waals surface area contributed by atoms with Crippen LogP contribution in [0.25, 0.3) is 0 Å². The van der Waals surface area contributed by atoms with Gasteiger partial charge in [-0.2, -0.15) is 0 Å². The van der Waals surface area contributed by atoms with Gasteiger partial charge < -0.3 is 19.5 Å². The molecule has 2 aromatic heterocycles. The lowest BCUT2D eigenvalue weighted by atomic mass is 10.0. The monoisotopic (exact) mass is 442 g/mol. The molecular weight excluding hydrogens is 416 g/mol. The molecule has 1 N–H and O–H groups in total. The number of nitrogens with one attached hydrogen (secondary N) is 1. The van der Waals surface area contributed by atoms with Crippen molar-refractivity contribution in [1.82, 2.24) is 19.8 Å². The number of likely N-dealkylation sites (tertiary alicyclic amines) is 1. The highest BCUT2D eigenvalue weighted by Gasteiger charge is 2.37. The Balaban J connectivity index is 1.37. The fourth-order valence-electron chi connectivity index (χ4n) is 4.76. The Bertz CT molecular complexity index is 1070. The summed E-state index contributed by atoms with van der Waals surface area (Å²) < 4.78 is 5.38. The van der Waals surface area contributed by atoms with E-state index in [1.165, 1.54) is 11.3 Å². The summed E-state index contributed by atoms with van der Waals surface area (Å²) in [6, 6.07) is 3.58. The molecule has 164 valence electrons. The van der Waals surface area contributed by atoms with Gasteiger partial charge in [0.15, 0.2) is 0 Å². The van der Waals surface area contributed by atoms with E-state index in [1.807, 2.05) is 24.0 Å². The first-order valence-corrected chi connectivity index (χ1v) is 11.7. The minimum atomic E-state index is -0.205. The smallest absolute Gasteiger partial charge is 0.264 e. The summed E-state index contributed by atoms with van der Waals surface area (Å²) in [5, 5.41) is 0. The van der Waals surface area contributed by atoms with Gasteiger partial charge in [0.1, 0.15) is 5.82 Å². The minimum Gasteiger partial charge on any atom is -0.381 e. The van der Waals surface area contributed by atoms with Crippen molar-refractivity contribution >= 4 is 23.2 Å². The fourth-order valence-corrected chi connectivity index (χ4v) is 5.59. The van der Waals surface area contributed by atoms with Gasteiger partial charge >= 0.3 is 0 Å². The highest BCUT2D eigenvalue weighted by molar-refractivity contribution is 7.13. The first-order valence-electron chi connectivity index (χ1n) is 10.9. The minimum absolute atomic E-state index is 0.0430. The third-order valence-electron chi connectivity index (χ3n) is 6.46. The number of H-pyrrole nitrogens is 1. The molecule has 2 fully saturated rings. The lowest BCUT2D eigenvalue weighted by molar-refractivity contribution is -0.136. The van der Waals surface area contributed by atoms with E-state index in [4.69, 9.17) is 9.72 Å².